The van der Waals surface area contributed by atoms with Gasteiger partial charge in [0, 0.05) is 31.6 Å². The van der Waals surface area contributed by atoms with Crippen molar-refractivity contribution in [2.45, 2.75) is 25.3 Å². The topological polar surface area (TPSA) is 38.2 Å². The minimum Gasteiger partial charge on any atom is -0.384 e. The Bertz CT molecular complexity index is 543. The highest BCUT2D eigenvalue weighted by Gasteiger charge is 2.28. The number of rotatable bonds is 5. The third-order valence-corrected chi connectivity index (χ3v) is 4.46. The molecule has 20 heavy (non-hydrogen) atoms. The van der Waals surface area contributed by atoms with Crippen LogP contribution in [-0.2, 0) is 11.2 Å². The van der Waals surface area contributed by atoms with Crippen molar-refractivity contribution in [1.29, 1.82) is 0 Å². The molecule has 0 N–H and O–H groups in total. The molecule has 0 radical (unpaired) electrons. The third-order valence-electron chi connectivity index (χ3n) is 3.67. The van der Waals surface area contributed by atoms with E-state index in [2.05, 4.69) is 44.6 Å². The lowest BCUT2D eigenvalue weighted by atomic mass is 10.1. The van der Waals surface area contributed by atoms with E-state index < -0.39 is 0 Å². The SMILES string of the molecule is COCCc1nsc(N2CCCC2c2ccccc2)n1. The molecule has 5 heteroatoms. The summed E-state index contributed by atoms with van der Waals surface area (Å²) in [6, 6.07) is 11.1. The Morgan fingerprint density at radius 3 is 3.00 bits per heavy atom. The summed E-state index contributed by atoms with van der Waals surface area (Å²) >= 11 is 1.50. The van der Waals surface area contributed by atoms with Gasteiger partial charge in [-0.1, -0.05) is 30.3 Å². The Balaban J connectivity index is 1.77. The normalized spacial score (nSPS) is 18.6. The van der Waals surface area contributed by atoms with Crippen molar-refractivity contribution >= 4 is 16.7 Å². The monoisotopic (exact) mass is 289 g/mol. The Kier molecular flexibility index (Phi) is 4.28. The first-order valence-electron chi connectivity index (χ1n) is 7.01. The van der Waals surface area contributed by atoms with Crippen molar-refractivity contribution in [3.8, 4) is 0 Å². The summed E-state index contributed by atoms with van der Waals surface area (Å²) in [5.74, 6) is 0.894. The van der Waals surface area contributed by atoms with Crippen LogP contribution in [0, 0.1) is 0 Å². The zero-order chi connectivity index (χ0) is 13.8. The number of hydrogen-bond acceptors (Lipinski definition) is 5. The molecule has 0 aliphatic carbocycles. The zero-order valence-electron chi connectivity index (χ0n) is 11.7. The van der Waals surface area contributed by atoms with Gasteiger partial charge < -0.3 is 9.64 Å². The first kappa shape index (κ1) is 13.5. The number of aromatic nitrogens is 2. The van der Waals surface area contributed by atoms with Gasteiger partial charge in [0.15, 0.2) is 0 Å². The van der Waals surface area contributed by atoms with Crippen molar-refractivity contribution in [2.75, 3.05) is 25.2 Å². The van der Waals surface area contributed by atoms with Crippen LogP contribution in [0.1, 0.15) is 30.3 Å². The van der Waals surface area contributed by atoms with Crippen LogP contribution in [-0.4, -0.2) is 29.6 Å². The fourth-order valence-electron chi connectivity index (χ4n) is 2.67. The standard InChI is InChI=1S/C15H19N3OS/c1-19-11-9-14-16-15(20-17-14)18-10-5-8-13(18)12-6-3-2-4-7-12/h2-4,6-7,13H,5,8-11H2,1H3. The largest absolute Gasteiger partial charge is 0.384 e. The summed E-state index contributed by atoms with van der Waals surface area (Å²) in [6.07, 6.45) is 3.19. The lowest BCUT2D eigenvalue weighted by molar-refractivity contribution is 0.201. The van der Waals surface area contributed by atoms with Crippen LogP contribution in [0.5, 0.6) is 0 Å². The Hall–Kier alpha value is -1.46. The Morgan fingerprint density at radius 2 is 2.20 bits per heavy atom. The molecular weight excluding hydrogens is 270 g/mol. The van der Waals surface area contributed by atoms with Crippen molar-refractivity contribution in [1.82, 2.24) is 9.36 Å². The van der Waals surface area contributed by atoms with Crippen LogP contribution < -0.4 is 4.90 Å². The lowest BCUT2D eigenvalue weighted by Gasteiger charge is -2.23. The van der Waals surface area contributed by atoms with Gasteiger partial charge in [0.2, 0.25) is 5.13 Å². The molecule has 4 nitrogen and oxygen atoms in total. The quantitative estimate of drug-likeness (QED) is 0.848. The Morgan fingerprint density at radius 1 is 1.35 bits per heavy atom. The predicted molar refractivity (Wildman–Crippen MR) is 81.3 cm³/mol. The average molecular weight is 289 g/mol. The van der Waals surface area contributed by atoms with Gasteiger partial charge in [-0.05, 0) is 18.4 Å². The Labute approximate surface area is 123 Å². The van der Waals surface area contributed by atoms with E-state index in [1.54, 1.807) is 7.11 Å². The first-order chi connectivity index (χ1) is 9.88. The van der Waals surface area contributed by atoms with Crippen LogP contribution in [0.3, 0.4) is 0 Å². The third kappa shape index (κ3) is 2.83. The second-order valence-electron chi connectivity index (χ2n) is 5.00. The zero-order valence-corrected chi connectivity index (χ0v) is 12.5. The van der Waals surface area contributed by atoms with E-state index in [1.807, 2.05) is 0 Å². The van der Waals surface area contributed by atoms with Crippen molar-refractivity contribution in [3.63, 3.8) is 0 Å². The molecular formula is C15H19N3OS. The summed E-state index contributed by atoms with van der Waals surface area (Å²) < 4.78 is 9.52. The highest BCUT2D eigenvalue weighted by atomic mass is 32.1. The molecule has 1 unspecified atom stereocenters. The van der Waals surface area contributed by atoms with E-state index in [1.165, 1.54) is 29.9 Å². The van der Waals surface area contributed by atoms with E-state index >= 15 is 0 Å². The molecule has 1 fully saturated rings. The van der Waals surface area contributed by atoms with Gasteiger partial charge in [-0.15, -0.1) is 0 Å². The maximum absolute atomic E-state index is 5.08. The molecule has 106 valence electrons. The fraction of sp³-hybridized carbons (Fsp3) is 0.467. The van der Waals surface area contributed by atoms with Gasteiger partial charge in [-0.3, -0.25) is 0 Å². The van der Waals surface area contributed by atoms with Gasteiger partial charge in [0.1, 0.15) is 5.82 Å². The predicted octanol–water partition coefficient (Wildman–Crippen LogP) is 3.07. The minimum absolute atomic E-state index is 0.444. The number of benzene rings is 1. The van der Waals surface area contributed by atoms with E-state index in [9.17, 15) is 0 Å². The molecule has 0 spiro atoms. The summed E-state index contributed by atoms with van der Waals surface area (Å²) in [5.41, 5.74) is 1.37. The molecule has 0 saturated carbocycles. The molecule has 2 heterocycles. The first-order valence-corrected chi connectivity index (χ1v) is 7.79. The summed E-state index contributed by atoms with van der Waals surface area (Å²) in [4.78, 5) is 7.05. The van der Waals surface area contributed by atoms with Crippen molar-refractivity contribution in [3.05, 3.63) is 41.7 Å². The van der Waals surface area contributed by atoms with E-state index in [0.717, 1.165) is 23.9 Å². The number of nitrogens with zero attached hydrogens (tertiary/aromatic N) is 3. The number of methoxy groups -OCH3 is 1. The smallest absolute Gasteiger partial charge is 0.205 e. The fourth-order valence-corrected chi connectivity index (χ4v) is 3.46. The number of anilines is 1. The molecule has 1 saturated heterocycles. The van der Waals surface area contributed by atoms with Gasteiger partial charge in [-0.25, -0.2) is 4.98 Å². The van der Waals surface area contributed by atoms with Gasteiger partial charge in [-0.2, -0.15) is 4.37 Å². The summed E-state index contributed by atoms with van der Waals surface area (Å²) in [5, 5.41) is 1.04. The van der Waals surface area contributed by atoms with Gasteiger partial charge >= 0.3 is 0 Å². The van der Waals surface area contributed by atoms with E-state index in [-0.39, 0.29) is 0 Å². The number of hydrogen-bond donors (Lipinski definition) is 0. The molecule has 1 aliphatic rings. The average Bonchev–Trinajstić information content (AvgIpc) is 3.14. The van der Waals surface area contributed by atoms with Gasteiger partial charge in [0.25, 0.3) is 0 Å². The molecule has 1 aromatic carbocycles. The van der Waals surface area contributed by atoms with Crippen LogP contribution >= 0.6 is 11.5 Å². The lowest BCUT2D eigenvalue weighted by Crippen LogP contribution is -2.22. The van der Waals surface area contributed by atoms with Crippen molar-refractivity contribution in [2.24, 2.45) is 0 Å². The highest BCUT2D eigenvalue weighted by Crippen LogP contribution is 2.36. The molecule has 3 rings (SSSR count). The van der Waals surface area contributed by atoms with Gasteiger partial charge in [0.05, 0.1) is 12.6 Å². The number of ether oxygens (including phenoxy) is 1. The second-order valence-corrected chi connectivity index (χ2v) is 5.73. The van der Waals surface area contributed by atoms with Crippen molar-refractivity contribution < 1.29 is 4.74 Å². The molecule has 1 aromatic heterocycles. The summed E-state index contributed by atoms with van der Waals surface area (Å²) in [7, 11) is 1.71. The van der Waals surface area contributed by atoms with Crippen LogP contribution in [0.15, 0.2) is 30.3 Å². The molecule has 2 aromatic rings. The maximum atomic E-state index is 5.08. The minimum atomic E-state index is 0.444. The van der Waals surface area contributed by atoms with Crippen LogP contribution in [0.2, 0.25) is 0 Å². The van der Waals surface area contributed by atoms with Crippen LogP contribution in [0.25, 0.3) is 0 Å². The molecule has 0 amide bonds. The summed E-state index contributed by atoms with van der Waals surface area (Å²) in [6.45, 7) is 1.75. The van der Waals surface area contributed by atoms with E-state index in [4.69, 9.17) is 4.74 Å². The van der Waals surface area contributed by atoms with Crippen LogP contribution in [0.4, 0.5) is 5.13 Å². The second kappa shape index (κ2) is 6.33. The molecule has 1 atom stereocenters. The maximum Gasteiger partial charge on any atom is 0.205 e. The highest BCUT2D eigenvalue weighted by molar-refractivity contribution is 7.09. The van der Waals surface area contributed by atoms with E-state index in [0.29, 0.717) is 12.6 Å². The molecule has 0 bridgehead atoms. The molecule has 1 aliphatic heterocycles.